The topological polar surface area (TPSA) is 41.6 Å². The number of benzene rings is 1. The van der Waals surface area contributed by atoms with E-state index in [4.69, 9.17) is 4.74 Å². The summed E-state index contributed by atoms with van der Waals surface area (Å²) in [5, 5.41) is 4.40. The van der Waals surface area contributed by atoms with Crippen LogP contribution in [0.25, 0.3) is 0 Å². The largest absolute Gasteiger partial charge is 0.447 e. The van der Waals surface area contributed by atoms with E-state index in [9.17, 15) is 4.79 Å². The number of nitrogens with one attached hydrogen (secondary N) is 1. The standard InChI is InChI=1S/C20H24N2O2S/c1-14(23)21-19-7-8-20(25-19)24-18-6-5-15-9-11-22(17-3-2-4-17)12-10-16(15)13-18/h5-8,13,17H,2-4,9-12H2,1H3,(H,21,23). The molecule has 2 heterocycles. The predicted octanol–water partition coefficient (Wildman–Crippen LogP) is 4.45. The van der Waals surface area contributed by atoms with Gasteiger partial charge >= 0.3 is 0 Å². The molecule has 132 valence electrons. The lowest BCUT2D eigenvalue weighted by Gasteiger charge is -2.36. The van der Waals surface area contributed by atoms with Crippen LogP contribution in [0.3, 0.4) is 0 Å². The number of hydrogen-bond donors (Lipinski definition) is 1. The number of ether oxygens (including phenoxy) is 1. The van der Waals surface area contributed by atoms with E-state index in [1.54, 1.807) is 0 Å². The lowest BCUT2D eigenvalue weighted by Crippen LogP contribution is -2.41. The molecule has 4 nitrogen and oxygen atoms in total. The van der Waals surface area contributed by atoms with Gasteiger partial charge in [0, 0.05) is 26.1 Å². The Morgan fingerprint density at radius 3 is 2.68 bits per heavy atom. The Morgan fingerprint density at radius 1 is 1.16 bits per heavy atom. The highest BCUT2D eigenvalue weighted by Gasteiger charge is 2.26. The fourth-order valence-electron chi connectivity index (χ4n) is 3.63. The molecule has 25 heavy (non-hydrogen) atoms. The maximum Gasteiger partial charge on any atom is 0.221 e. The van der Waals surface area contributed by atoms with Crippen molar-refractivity contribution in [2.45, 2.75) is 45.1 Å². The minimum absolute atomic E-state index is 0.0607. The number of amides is 1. The van der Waals surface area contributed by atoms with Crippen molar-refractivity contribution < 1.29 is 9.53 Å². The monoisotopic (exact) mass is 356 g/mol. The van der Waals surface area contributed by atoms with Crippen LogP contribution in [0.15, 0.2) is 30.3 Å². The zero-order valence-corrected chi connectivity index (χ0v) is 15.4. The first kappa shape index (κ1) is 16.6. The average Bonchev–Trinajstić information content (AvgIpc) is 2.84. The minimum atomic E-state index is -0.0607. The van der Waals surface area contributed by atoms with Crippen LogP contribution < -0.4 is 10.1 Å². The van der Waals surface area contributed by atoms with E-state index in [0.717, 1.165) is 41.2 Å². The van der Waals surface area contributed by atoms with Gasteiger partial charge in [-0.25, -0.2) is 0 Å². The molecule has 2 aromatic rings. The van der Waals surface area contributed by atoms with E-state index >= 15 is 0 Å². The summed E-state index contributed by atoms with van der Waals surface area (Å²) in [6.07, 6.45) is 6.38. The van der Waals surface area contributed by atoms with Crippen molar-refractivity contribution in [3.05, 3.63) is 41.5 Å². The van der Waals surface area contributed by atoms with Gasteiger partial charge in [0.1, 0.15) is 5.75 Å². The van der Waals surface area contributed by atoms with Crippen LogP contribution in [-0.4, -0.2) is 29.9 Å². The summed E-state index contributed by atoms with van der Waals surface area (Å²) in [5.41, 5.74) is 2.87. The highest BCUT2D eigenvalue weighted by molar-refractivity contribution is 7.18. The summed E-state index contributed by atoms with van der Waals surface area (Å²) < 4.78 is 6.01. The molecule has 4 rings (SSSR count). The van der Waals surface area contributed by atoms with Crippen LogP contribution in [0, 0.1) is 0 Å². The first-order valence-electron chi connectivity index (χ1n) is 9.08. The van der Waals surface area contributed by atoms with Gasteiger partial charge in [0.25, 0.3) is 0 Å². The zero-order chi connectivity index (χ0) is 17.2. The summed E-state index contributed by atoms with van der Waals surface area (Å²) in [6, 6.07) is 11.1. The van der Waals surface area contributed by atoms with Crippen molar-refractivity contribution >= 4 is 22.2 Å². The second-order valence-electron chi connectivity index (χ2n) is 6.95. The lowest BCUT2D eigenvalue weighted by atomic mass is 9.91. The molecule has 0 unspecified atom stereocenters. The van der Waals surface area contributed by atoms with Crippen molar-refractivity contribution in [1.29, 1.82) is 0 Å². The smallest absolute Gasteiger partial charge is 0.221 e. The van der Waals surface area contributed by atoms with Crippen LogP contribution in [0.5, 0.6) is 10.8 Å². The molecule has 1 fully saturated rings. The van der Waals surface area contributed by atoms with Crippen LogP contribution in [0.2, 0.25) is 0 Å². The average molecular weight is 356 g/mol. The minimum Gasteiger partial charge on any atom is -0.447 e. The highest BCUT2D eigenvalue weighted by atomic mass is 32.1. The second kappa shape index (κ2) is 7.18. The Balaban J connectivity index is 1.43. The van der Waals surface area contributed by atoms with Crippen molar-refractivity contribution in [2.75, 3.05) is 18.4 Å². The summed E-state index contributed by atoms with van der Waals surface area (Å²) in [6.45, 7) is 3.86. The predicted molar refractivity (Wildman–Crippen MR) is 102 cm³/mol. The van der Waals surface area contributed by atoms with Gasteiger partial charge in [0.2, 0.25) is 5.91 Å². The molecule has 0 bridgehead atoms. The second-order valence-corrected chi connectivity index (χ2v) is 8.00. The Bertz CT molecular complexity index is 767. The fourth-order valence-corrected chi connectivity index (χ4v) is 4.45. The van der Waals surface area contributed by atoms with Gasteiger partial charge in [0.15, 0.2) is 5.06 Å². The first-order chi connectivity index (χ1) is 12.2. The molecule has 0 saturated heterocycles. The van der Waals surface area contributed by atoms with E-state index in [2.05, 4.69) is 28.4 Å². The molecule has 1 aliphatic heterocycles. The summed E-state index contributed by atoms with van der Waals surface area (Å²) >= 11 is 1.45. The molecule has 0 spiro atoms. The molecular weight excluding hydrogens is 332 g/mol. The summed E-state index contributed by atoms with van der Waals surface area (Å²) in [4.78, 5) is 13.8. The molecule has 1 aromatic carbocycles. The Morgan fingerprint density at radius 2 is 1.96 bits per heavy atom. The van der Waals surface area contributed by atoms with E-state index in [-0.39, 0.29) is 5.91 Å². The summed E-state index contributed by atoms with van der Waals surface area (Å²) in [7, 11) is 0. The number of hydrogen-bond acceptors (Lipinski definition) is 4. The normalized spacial score (nSPS) is 18.1. The molecule has 1 saturated carbocycles. The van der Waals surface area contributed by atoms with Crippen molar-refractivity contribution in [1.82, 2.24) is 4.90 Å². The number of nitrogens with zero attached hydrogens (tertiary/aromatic N) is 1. The molecule has 2 aliphatic rings. The van der Waals surface area contributed by atoms with Gasteiger partial charge in [-0.15, -0.1) is 0 Å². The third kappa shape index (κ3) is 3.88. The third-order valence-electron chi connectivity index (χ3n) is 5.20. The number of carbonyl (C=O) groups is 1. The molecule has 0 radical (unpaired) electrons. The van der Waals surface area contributed by atoms with Crippen molar-refractivity contribution in [2.24, 2.45) is 0 Å². The molecule has 5 heteroatoms. The van der Waals surface area contributed by atoms with Crippen molar-refractivity contribution in [3.8, 4) is 10.8 Å². The quantitative estimate of drug-likeness (QED) is 0.880. The highest BCUT2D eigenvalue weighted by Crippen LogP contribution is 2.34. The van der Waals surface area contributed by atoms with Gasteiger partial charge in [-0.2, -0.15) is 0 Å². The Kier molecular flexibility index (Phi) is 4.77. The molecular formula is C20H24N2O2S. The molecule has 1 aromatic heterocycles. The van der Waals surface area contributed by atoms with E-state index in [1.807, 2.05) is 12.1 Å². The number of rotatable bonds is 4. The Hall–Kier alpha value is -1.85. The van der Waals surface area contributed by atoms with Gasteiger partial charge in [0.05, 0.1) is 5.00 Å². The lowest BCUT2D eigenvalue weighted by molar-refractivity contribution is -0.114. The SMILES string of the molecule is CC(=O)Nc1ccc(Oc2ccc3c(c2)CCN(C2CCC2)CC3)s1. The third-order valence-corrected chi connectivity index (χ3v) is 6.08. The van der Waals surface area contributed by atoms with E-state index < -0.39 is 0 Å². The number of fused-ring (bicyclic) bond motifs is 1. The Labute approximate surface area is 152 Å². The van der Waals surface area contributed by atoms with Crippen LogP contribution in [0.4, 0.5) is 5.00 Å². The van der Waals surface area contributed by atoms with Gasteiger partial charge in [-0.1, -0.05) is 23.8 Å². The molecule has 1 aliphatic carbocycles. The maximum atomic E-state index is 11.1. The summed E-state index contributed by atoms with van der Waals surface area (Å²) in [5.74, 6) is 0.821. The van der Waals surface area contributed by atoms with Crippen LogP contribution in [-0.2, 0) is 17.6 Å². The number of anilines is 1. The first-order valence-corrected chi connectivity index (χ1v) is 9.90. The zero-order valence-electron chi connectivity index (χ0n) is 14.6. The molecule has 1 amide bonds. The van der Waals surface area contributed by atoms with Crippen LogP contribution >= 0.6 is 11.3 Å². The molecule has 0 atom stereocenters. The number of carbonyl (C=O) groups excluding carboxylic acids is 1. The van der Waals surface area contributed by atoms with Crippen LogP contribution in [0.1, 0.15) is 37.3 Å². The van der Waals surface area contributed by atoms with E-state index in [0.29, 0.717) is 0 Å². The van der Waals surface area contributed by atoms with Crippen molar-refractivity contribution in [3.63, 3.8) is 0 Å². The fraction of sp³-hybridized carbons (Fsp3) is 0.450. The van der Waals surface area contributed by atoms with Gasteiger partial charge in [-0.3, -0.25) is 9.69 Å². The number of thiophene rings is 1. The maximum absolute atomic E-state index is 11.1. The molecule has 1 N–H and O–H groups in total. The van der Waals surface area contributed by atoms with E-state index in [1.165, 1.54) is 55.2 Å². The van der Waals surface area contributed by atoms with Gasteiger partial charge < -0.3 is 10.1 Å². The van der Waals surface area contributed by atoms with Gasteiger partial charge in [-0.05, 0) is 61.1 Å².